The summed E-state index contributed by atoms with van der Waals surface area (Å²) < 4.78 is 43.4. The number of allylic oxidation sites excluding steroid dienone is 1. The van der Waals surface area contributed by atoms with Crippen molar-refractivity contribution in [2.75, 3.05) is 6.61 Å². The van der Waals surface area contributed by atoms with Crippen LogP contribution in [-0.2, 0) is 4.79 Å². The van der Waals surface area contributed by atoms with Gasteiger partial charge in [0.25, 0.3) is 0 Å². The topological polar surface area (TPSA) is 46.5 Å². The number of carboxylic acid groups (broad SMARTS) is 1. The molecule has 1 N–H and O–H groups in total. The van der Waals surface area contributed by atoms with E-state index in [0.29, 0.717) is 5.39 Å². The minimum Gasteiger partial charge on any atom is -0.481 e. The number of hydrogen-bond donors (Lipinski definition) is 1. The third kappa shape index (κ3) is 3.58. The second-order valence-corrected chi connectivity index (χ2v) is 4.71. The van der Waals surface area contributed by atoms with E-state index in [-0.39, 0.29) is 11.3 Å². The van der Waals surface area contributed by atoms with Gasteiger partial charge in [0.05, 0.1) is 0 Å². The maximum atomic E-state index is 12.8. The number of halogens is 3. The van der Waals surface area contributed by atoms with E-state index in [1.807, 2.05) is 0 Å². The molecule has 0 amide bonds. The molecule has 0 aliphatic heterocycles. The molecule has 0 fully saturated rings. The Morgan fingerprint density at radius 3 is 2.55 bits per heavy atom. The van der Waals surface area contributed by atoms with Crippen LogP contribution in [0.4, 0.5) is 13.2 Å². The molecule has 0 heterocycles. The van der Waals surface area contributed by atoms with Crippen LogP contribution in [0.15, 0.2) is 42.0 Å². The summed E-state index contributed by atoms with van der Waals surface area (Å²) in [5.74, 6) is -1.10. The summed E-state index contributed by atoms with van der Waals surface area (Å²) in [6.45, 7) is 0.340. The van der Waals surface area contributed by atoms with E-state index in [0.717, 1.165) is 18.4 Å². The molecule has 116 valence electrons. The van der Waals surface area contributed by atoms with Crippen LogP contribution in [-0.4, -0.2) is 23.9 Å². The lowest BCUT2D eigenvalue weighted by Crippen LogP contribution is -2.11. The highest BCUT2D eigenvalue weighted by Crippen LogP contribution is 2.34. The van der Waals surface area contributed by atoms with E-state index in [9.17, 15) is 18.0 Å². The van der Waals surface area contributed by atoms with Gasteiger partial charge in [0, 0.05) is 11.1 Å². The second kappa shape index (κ2) is 6.09. The molecular weight excluding hydrogens is 297 g/mol. The van der Waals surface area contributed by atoms with Gasteiger partial charge in [0.1, 0.15) is 5.75 Å². The molecule has 2 aromatic rings. The van der Waals surface area contributed by atoms with E-state index in [1.165, 1.54) is 6.07 Å². The van der Waals surface area contributed by atoms with Gasteiger partial charge in [0.15, 0.2) is 6.61 Å². The average molecular weight is 310 g/mol. The fourth-order valence-corrected chi connectivity index (χ4v) is 1.99. The van der Waals surface area contributed by atoms with Crippen molar-refractivity contribution in [2.45, 2.75) is 13.1 Å². The molecule has 22 heavy (non-hydrogen) atoms. The van der Waals surface area contributed by atoms with Gasteiger partial charge in [0.2, 0.25) is 0 Å². The number of ether oxygens (including phenoxy) is 1. The molecule has 0 unspecified atom stereocenters. The number of aliphatic carboxylic acids is 1. The number of benzene rings is 2. The molecule has 0 radical (unpaired) electrons. The monoisotopic (exact) mass is 310 g/mol. The zero-order valence-corrected chi connectivity index (χ0v) is 11.6. The minimum absolute atomic E-state index is 0.102. The van der Waals surface area contributed by atoms with E-state index < -0.39 is 24.3 Å². The smallest absolute Gasteiger partial charge is 0.412 e. The van der Waals surface area contributed by atoms with Gasteiger partial charge < -0.3 is 9.84 Å². The van der Waals surface area contributed by atoms with Crippen LogP contribution in [0.2, 0.25) is 0 Å². The van der Waals surface area contributed by atoms with Crippen LogP contribution >= 0.6 is 0 Å². The summed E-state index contributed by atoms with van der Waals surface area (Å²) in [6.07, 6.45) is -3.49. The Bertz CT molecular complexity index is 733. The summed E-state index contributed by atoms with van der Waals surface area (Å²) in [7, 11) is 0. The van der Waals surface area contributed by atoms with Crippen LogP contribution in [0.5, 0.6) is 5.75 Å². The maximum absolute atomic E-state index is 12.8. The second-order valence-electron chi connectivity index (χ2n) is 4.71. The third-order valence-electron chi connectivity index (χ3n) is 3.09. The molecule has 2 aromatic carbocycles. The summed E-state index contributed by atoms with van der Waals surface area (Å²) >= 11 is 0. The first-order valence-electron chi connectivity index (χ1n) is 6.41. The van der Waals surface area contributed by atoms with Crippen LogP contribution in [0.1, 0.15) is 12.5 Å². The molecule has 3 nitrogen and oxygen atoms in total. The van der Waals surface area contributed by atoms with Crippen molar-refractivity contribution in [1.82, 2.24) is 0 Å². The minimum atomic E-state index is -4.46. The lowest BCUT2D eigenvalue weighted by molar-refractivity contribution is -0.139. The van der Waals surface area contributed by atoms with Crippen LogP contribution < -0.4 is 4.74 Å². The molecule has 2 rings (SSSR count). The number of fused-ring (bicyclic) bond motifs is 1. The molecule has 0 saturated heterocycles. The Kier molecular flexibility index (Phi) is 4.40. The molecule has 0 saturated carbocycles. The average Bonchev–Trinajstić information content (AvgIpc) is 2.45. The van der Waals surface area contributed by atoms with Gasteiger partial charge in [-0.05, 0) is 29.8 Å². The first kappa shape index (κ1) is 15.9. The first-order valence-corrected chi connectivity index (χ1v) is 6.41. The van der Waals surface area contributed by atoms with Gasteiger partial charge in [-0.1, -0.05) is 30.3 Å². The summed E-state index contributed by atoms with van der Waals surface area (Å²) in [5, 5.41) is 9.98. The predicted octanol–water partition coefficient (Wildman–Crippen LogP) is 4.27. The van der Waals surface area contributed by atoms with Crippen molar-refractivity contribution in [3.63, 3.8) is 0 Å². The molecule has 0 aliphatic rings. The number of rotatable bonds is 4. The predicted molar refractivity (Wildman–Crippen MR) is 76.8 cm³/mol. The molecule has 0 spiro atoms. The van der Waals surface area contributed by atoms with E-state index >= 15 is 0 Å². The van der Waals surface area contributed by atoms with Gasteiger partial charge in [-0.25, -0.2) is 4.79 Å². The Balaban J connectivity index is 2.60. The van der Waals surface area contributed by atoms with Gasteiger partial charge in [-0.2, -0.15) is 13.2 Å². The fraction of sp³-hybridized carbons (Fsp3) is 0.188. The molecular formula is C16H13F3O3. The molecule has 0 atom stereocenters. The largest absolute Gasteiger partial charge is 0.481 e. The number of alkyl halides is 3. The van der Waals surface area contributed by atoms with E-state index in [2.05, 4.69) is 0 Å². The Morgan fingerprint density at radius 1 is 1.23 bits per heavy atom. The van der Waals surface area contributed by atoms with E-state index in [1.54, 1.807) is 30.3 Å². The zero-order chi connectivity index (χ0) is 16.3. The van der Waals surface area contributed by atoms with Crippen molar-refractivity contribution in [3.05, 3.63) is 47.5 Å². The van der Waals surface area contributed by atoms with Crippen molar-refractivity contribution in [3.8, 4) is 5.75 Å². The number of carbonyl (C=O) groups is 1. The Labute approximate surface area is 124 Å². The van der Waals surface area contributed by atoms with Crippen molar-refractivity contribution < 1.29 is 27.8 Å². The first-order chi connectivity index (χ1) is 10.3. The highest BCUT2D eigenvalue weighted by molar-refractivity contribution is 5.93. The Morgan fingerprint density at radius 2 is 1.91 bits per heavy atom. The SMILES string of the molecule is C/C(=C\c1c(OCC(=O)O)ccc2ccccc12)C(F)(F)F. The van der Waals surface area contributed by atoms with Crippen LogP contribution in [0.25, 0.3) is 16.8 Å². The Hall–Kier alpha value is -2.50. The summed E-state index contributed by atoms with van der Waals surface area (Å²) in [6, 6.07) is 10.0. The third-order valence-corrected chi connectivity index (χ3v) is 3.09. The van der Waals surface area contributed by atoms with Gasteiger partial charge in [-0.15, -0.1) is 0 Å². The maximum Gasteiger partial charge on any atom is 0.412 e. The lowest BCUT2D eigenvalue weighted by atomic mass is 10.0. The summed E-state index contributed by atoms with van der Waals surface area (Å²) in [5.41, 5.74) is -0.571. The van der Waals surface area contributed by atoms with E-state index in [4.69, 9.17) is 9.84 Å². The van der Waals surface area contributed by atoms with Gasteiger partial charge in [-0.3, -0.25) is 0 Å². The normalized spacial score (nSPS) is 12.5. The lowest BCUT2D eigenvalue weighted by Gasteiger charge is -2.13. The number of hydrogen-bond acceptors (Lipinski definition) is 2. The van der Waals surface area contributed by atoms with Crippen LogP contribution in [0, 0.1) is 0 Å². The molecule has 6 heteroatoms. The number of carboxylic acids is 1. The fourth-order valence-electron chi connectivity index (χ4n) is 1.99. The zero-order valence-electron chi connectivity index (χ0n) is 11.6. The molecule has 0 aliphatic carbocycles. The highest BCUT2D eigenvalue weighted by atomic mass is 19.4. The quantitative estimate of drug-likeness (QED) is 0.917. The summed E-state index contributed by atoms with van der Waals surface area (Å²) in [4.78, 5) is 10.6. The van der Waals surface area contributed by atoms with Crippen LogP contribution in [0.3, 0.4) is 0 Å². The van der Waals surface area contributed by atoms with Crippen molar-refractivity contribution in [2.24, 2.45) is 0 Å². The highest BCUT2D eigenvalue weighted by Gasteiger charge is 2.30. The van der Waals surface area contributed by atoms with Crippen molar-refractivity contribution >= 4 is 22.8 Å². The standard InChI is InChI=1S/C16H13F3O3/c1-10(16(17,18)19)8-13-12-5-3-2-4-11(12)6-7-14(13)22-9-15(20)21/h2-8H,9H2,1H3,(H,20,21)/b10-8+. The van der Waals surface area contributed by atoms with Crippen molar-refractivity contribution in [1.29, 1.82) is 0 Å². The molecule has 0 aromatic heterocycles. The van der Waals surface area contributed by atoms with Gasteiger partial charge >= 0.3 is 12.1 Å². The molecule has 0 bridgehead atoms.